The van der Waals surface area contributed by atoms with Crippen molar-refractivity contribution in [1.82, 2.24) is 4.31 Å². The van der Waals surface area contributed by atoms with Gasteiger partial charge in [-0.1, -0.05) is 40.0 Å². The van der Waals surface area contributed by atoms with E-state index in [1.165, 1.54) is 4.31 Å². The van der Waals surface area contributed by atoms with E-state index in [1.807, 2.05) is 32.9 Å². The summed E-state index contributed by atoms with van der Waals surface area (Å²) in [5, 5.41) is 2.99. The first-order valence-corrected chi connectivity index (χ1v) is 11.6. The number of anilines is 1. The molecule has 0 aromatic heterocycles. The molecule has 5 nitrogen and oxygen atoms in total. The summed E-state index contributed by atoms with van der Waals surface area (Å²) < 4.78 is 28.5. The summed E-state index contributed by atoms with van der Waals surface area (Å²) in [6, 6.07) is 9.85. The number of carbonyl (C=O) groups is 1. The van der Waals surface area contributed by atoms with Crippen LogP contribution >= 0.6 is 15.9 Å². The summed E-state index contributed by atoms with van der Waals surface area (Å²) in [6.45, 7) is 6.27. The molecule has 1 heterocycles. The number of sulfonamides is 1. The molecule has 1 saturated heterocycles. The number of halogens is 1. The van der Waals surface area contributed by atoms with Gasteiger partial charge in [-0.3, -0.25) is 4.79 Å². The van der Waals surface area contributed by atoms with Crippen molar-refractivity contribution in [3.63, 3.8) is 0 Å². The van der Waals surface area contributed by atoms with Gasteiger partial charge < -0.3 is 5.32 Å². The molecule has 1 fully saturated rings. The Hall–Kier alpha value is -1.70. The van der Waals surface area contributed by atoms with Crippen molar-refractivity contribution < 1.29 is 13.2 Å². The highest BCUT2D eigenvalue weighted by atomic mass is 79.9. The lowest BCUT2D eigenvalue weighted by Crippen LogP contribution is -2.49. The number of carbonyl (C=O) groups excluding carboxylic acids is 1. The molecule has 0 aliphatic carbocycles. The van der Waals surface area contributed by atoms with Crippen LogP contribution in [0.5, 0.6) is 0 Å². The maximum absolute atomic E-state index is 13.2. The van der Waals surface area contributed by atoms with Crippen LogP contribution in [0.4, 0.5) is 5.69 Å². The number of hydrogen-bond donors (Lipinski definition) is 1. The third kappa shape index (κ3) is 4.31. The molecule has 28 heavy (non-hydrogen) atoms. The molecule has 1 atom stereocenters. The minimum Gasteiger partial charge on any atom is -0.324 e. The summed E-state index contributed by atoms with van der Waals surface area (Å²) in [6.07, 6.45) is 2.10. The molecule has 7 heteroatoms. The summed E-state index contributed by atoms with van der Waals surface area (Å²) in [5.41, 5.74) is 3.85. The SMILES string of the molecule is Cc1cc(C)c(NC(=O)C2CCCCN2S(=O)(=O)c2ccc(Br)cc2)c(C)c1. The molecule has 150 valence electrons. The second-order valence-corrected chi connectivity index (χ2v) is 10.2. The Morgan fingerprint density at radius 2 is 1.68 bits per heavy atom. The van der Waals surface area contributed by atoms with Gasteiger partial charge >= 0.3 is 0 Å². The van der Waals surface area contributed by atoms with Gasteiger partial charge in [0.1, 0.15) is 6.04 Å². The molecule has 1 aliphatic rings. The lowest BCUT2D eigenvalue weighted by atomic mass is 10.0. The molecule has 1 N–H and O–H groups in total. The third-order valence-corrected chi connectivity index (χ3v) is 7.55. The van der Waals surface area contributed by atoms with E-state index in [0.29, 0.717) is 13.0 Å². The van der Waals surface area contributed by atoms with Gasteiger partial charge in [-0.05, 0) is 69.0 Å². The molecule has 0 radical (unpaired) electrons. The Balaban J connectivity index is 1.89. The summed E-state index contributed by atoms with van der Waals surface area (Å²) >= 11 is 3.33. The highest BCUT2D eigenvalue weighted by Crippen LogP contribution is 2.28. The Bertz CT molecular complexity index is 964. The van der Waals surface area contributed by atoms with E-state index in [4.69, 9.17) is 0 Å². The van der Waals surface area contributed by atoms with Crippen molar-refractivity contribution in [1.29, 1.82) is 0 Å². The molecular formula is C21H25BrN2O3S. The van der Waals surface area contributed by atoms with Crippen molar-refractivity contribution in [2.45, 2.75) is 51.0 Å². The Morgan fingerprint density at radius 1 is 1.07 bits per heavy atom. The molecule has 0 bridgehead atoms. The van der Waals surface area contributed by atoms with E-state index in [2.05, 4.69) is 21.2 Å². The molecule has 2 aromatic carbocycles. The van der Waals surface area contributed by atoms with Crippen LogP contribution in [0.2, 0.25) is 0 Å². The maximum atomic E-state index is 13.2. The molecule has 1 amide bonds. The first-order valence-electron chi connectivity index (χ1n) is 9.36. The maximum Gasteiger partial charge on any atom is 0.243 e. The van der Waals surface area contributed by atoms with Crippen LogP contribution in [0, 0.1) is 20.8 Å². The number of aryl methyl sites for hydroxylation is 3. The molecular weight excluding hydrogens is 440 g/mol. The quantitative estimate of drug-likeness (QED) is 0.720. The van der Waals surface area contributed by atoms with Crippen molar-refractivity contribution in [3.05, 3.63) is 57.6 Å². The van der Waals surface area contributed by atoms with Crippen LogP contribution in [-0.4, -0.2) is 31.2 Å². The number of piperidine rings is 1. The topological polar surface area (TPSA) is 66.5 Å². The van der Waals surface area contributed by atoms with Crippen LogP contribution in [0.1, 0.15) is 36.0 Å². The van der Waals surface area contributed by atoms with E-state index in [0.717, 1.165) is 39.7 Å². The van der Waals surface area contributed by atoms with Gasteiger partial charge in [0, 0.05) is 16.7 Å². The minimum absolute atomic E-state index is 0.207. The predicted molar refractivity (Wildman–Crippen MR) is 115 cm³/mol. The number of rotatable bonds is 4. The second kappa shape index (κ2) is 8.35. The number of amides is 1. The van der Waals surface area contributed by atoms with Crippen LogP contribution < -0.4 is 5.32 Å². The zero-order valence-electron chi connectivity index (χ0n) is 16.3. The lowest BCUT2D eigenvalue weighted by molar-refractivity contribution is -0.120. The molecule has 0 spiro atoms. The smallest absolute Gasteiger partial charge is 0.243 e. The average Bonchev–Trinajstić information content (AvgIpc) is 2.65. The first-order chi connectivity index (χ1) is 13.2. The van der Waals surface area contributed by atoms with Gasteiger partial charge in [0.25, 0.3) is 0 Å². The third-order valence-electron chi connectivity index (χ3n) is 5.10. The van der Waals surface area contributed by atoms with E-state index in [-0.39, 0.29) is 10.8 Å². The highest BCUT2D eigenvalue weighted by molar-refractivity contribution is 9.10. The monoisotopic (exact) mass is 464 g/mol. The van der Waals surface area contributed by atoms with Crippen LogP contribution in [0.3, 0.4) is 0 Å². The zero-order chi connectivity index (χ0) is 20.5. The predicted octanol–water partition coefficient (Wildman–Crippen LogP) is 4.56. The van der Waals surface area contributed by atoms with Crippen molar-refractivity contribution >= 4 is 37.5 Å². The normalized spacial score (nSPS) is 18.1. The summed E-state index contributed by atoms with van der Waals surface area (Å²) in [7, 11) is -3.74. The lowest BCUT2D eigenvalue weighted by Gasteiger charge is -2.34. The largest absolute Gasteiger partial charge is 0.324 e. The van der Waals surface area contributed by atoms with Crippen molar-refractivity contribution in [3.8, 4) is 0 Å². The van der Waals surface area contributed by atoms with Gasteiger partial charge in [-0.2, -0.15) is 4.31 Å². The van der Waals surface area contributed by atoms with Gasteiger partial charge in [0.15, 0.2) is 0 Å². The van der Waals surface area contributed by atoms with Gasteiger partial charge in [-0.15, -0.1) is 0 Å². The van der Waals surface area contributed by atoms with Crippen LogP contribution in [0.15, 0.2) is 45.8 Å². The molecule has 1 unspecified atom stereocenters. The first kappa shape index (κ1) is 21.0. The molecule has 2 aromatic rings. The Labute approximate surface area is 175 Å². The number of nitrogens with zero attached hydrogens (tertiary/aromatic N) is 1. The summed E-state index contributed by atoms with van der Waals surface area (Å²) in [4.78, 5) is 13.3. The van der Waals surface area contributed by atoms with Crippen LogP contribution in [0.25, 0.3) is 0 Å². The standard InChI is InChI=1S/C21H25BrN2O3S/c1-14-12-15(2)20(16(3)13-14)23-21(25)19-6-4-5-11-24(19)28(26,27)18-9-7-17(22)8-10-18/h7-10,12-13,19H,4-6,11H2,1-3H3,(H,23,25). The summed E-state index contributed by atoms with van der Waals surface area (Å²) in [5.74, 6) is -0.268. The minimum atomic E-state index is -3.74. The fourth-order valence-corrected chi connectivity index (χ4v) is 5.70. The molecule has 0 saturated carbocycles. The fraction of sp³-hybridized carbons (Fsp3) is 0.381. The number of hydrogen-bond acceptors (Lipinski definition) is 3. The van der Waals surface area contributed by atoms with Gasteiger partial charge in [0.2, 0.25) is 15.9 Å². The van der Waals surface area contributed by atoms with E-state index >= 15 is 0 Å². The zero-order valence-corrected chi connectivity index (χ0v) is 18.7. The molecule has 3 rings (SSSR count). The second-order valence-electron chi connectivity index (χ2n) is 7.34. The van der Waals surface area contributed by atoms with Crippen LogP contribution in [-0.2, 0) is 14.8 Å². The van der Waals surface area contributed by atoms with Gasteiger partial charge in [-0.25, -0.2) is 8.42 Å². The number of benzene rings is 2. The average molecular weight is 465 g/mol. The Kier molecular flexibility index (Phi) is 6.27. The highest BCUT2D eigenvalue weighted by Gasteiger charge is 2.37. The number of nitrogens with one attached hydrogen (secondary N) is 1. The van der Waals surface area contributed by atoms with E-state index in [9.17, 15) is 13.2 Å². The van der Waals surface area contributed by atoms with Crippen molar-refractivity contribution in [2.24, 2.45) is 0 Å². The van der Waals surface area contributed by atoms with Crippen molar-refractivity contribution in [2.75, 3.05) is 11.9 Å². The molecule has 1 aliphatic heterocycles. The Morgan fingerprint density at radius 3 is 2.29 bits per heavy atom. The van der Waals surface area contributed by atoms with E-state index in [1.54, 1.807) is 24.3 Å². The fourth-order valence-electron chi connectivity index (χ4n) is 3.78. The van der Waals surface area contributed by atoms with Gasteiger partial charge in [0.05, 0.1) is 4.90 Å². The van der Waals surface area contributed by atoms with E-state index < -0.39 is 16.1 Å².